The Morgan fingerprint density at radius 1 is 1.03 bits per heavy atom. The van der Waals surface area contributed by atoms with E-state index in [1.54, 1.807) is 0 Å². The van der Waals surface area contributed by atoms with E-state index in [2.05, 4.69) is 10.6 Å². The van der Waals surface area contributed by atoms with Crippen molar-refractivity contribution in [1.29, 1.82) is 0 Å². The number of nitrogens with one attached hydrogen (secondary N) is 2. The van der Waals surface area contributed by atoms with E-state index in [0.717, 1.165) is 40.3 Å². The number of amides is 2. The molecule has 176 valence electrons. The number of carboxylic acids is 1. The first-order chi connectivity index (χ1) is 16.4. The Hall–Kier alpha value is -3.67. The molecule has 0 aromatic heterocycles. The first kappa shape index (κ1) is 23.5. The van der Waals surface area contributed by atoms with E-state index in [1.807, 2.05) is 67.6 Å². The van der Waals surface area contributed by atoms with E-state index in [9.17, 15) is 14.4 Å². The molecule has 0 heterocycles. The molecule has 3 aromatic rings. The van der Waals surface area contributed by atoms with Gasteiger partial charge in [-0.3, -0.25) is 14.4 Å². The van der Waals surface area contributed by atoms with Gasteiger partial charge in [-0.1, -0.05) is 54.6 Å². The van der Waals surface area contributed by atoms with Gasteiger partial charge in [0.05, 0.1) is 5.92 Å². The third-order valence-electron chi connectivity index (χ3n) is 6.37. The van der Waals surface area contributed by atoms with E-state index in [4.69, 9.17) is 5.11 Å². The lowest BCUT2D eigenvalue weighted by Gasteiger charge is -2.18. The molecule has 0 saturated heterocycles. The van der Waals surface area contributed by atoms with E-state index >= 15 is 0 Å². The van der Waals surface area contributed by atoms with Gasteiger partial charge in [-0.15, -0.1) is 0 Å². The summed E-state index contributed by atoms with van der Waals surface area (Å²) in [4.78, 5) is 36.3. The number of aryl methyl sites for hydroxylation is 1. The average Bonchev–Trinajstić information content (AvgIpc) is 3.68. The highest BCUT2D eigenvalue weighted by Gasteiger charge is 2.29. The maximum Gasteiger partial charge on any atom is 0.303 e. The van der Waals surface area contributed by atoms with Crippen molar-refractivity contribution < 1.29 is 19.5 Å². The third kappa shape index (κ3) is 5.81. The molecule has 34 heavy (non-hydrogen) atoms. The van der Waals surface area contributed by atoms with Gasteiger partial charge < -0.3 is 15.7 Å². The van der Waals surface area contributed by atoms with Crippen molar-refractivity contribution in [2.24, 2.45) is 5.92 Å². The normalized spacial score (nSPS) is 13.9. The minimum Gasteiger partial charge on any atom is -0.481 e. The van der Waals surface area contributed by atoms with Crippen LogP contribution >= 0.6 is 0 Å². The van der Waals surface area contributed by atoms with Crippen LogP contribution in [-0.4, -0.2) is 22.9 Å². The molecule has 0 radical (unpaired) electrons. The Morgan fingerprint density at radius 2 is 1.79 bits per heavy atom. The van der Waals surface area contributed by atoms with Crippen LogP contribution in [0.15, 0.2) is 60.7 Å². The number of carbonyl (C=O) groups excluding carboxylic acids is 2. The second-order valence-corrected chi connectivity index (χ2v) is 9.01. The van der Waals surface area contributed by atoms with Gasteiger partial charge in [0.2, 0.25) is 11.8 Å². The van der Waals surface area contributed by atoms with E-state index in [1.165, 1.54) is 0 Å². The van der Waals surface area contributed by atoms with Gasteiger partial charge in [0.15, 0.2) is 0 Å². The molecule has 3 aromatic carbocycles. The van der Waals surface area contributed by atoms with E-state index in [0.29, 0.717) is 25.1 Å². The Labute approximate surface area is 199 Å². The number of aliphatic carboxylic acids is 1. The van der Waals surface area contributed by atoms with Gasteiger partial charge in [0.1, 0.15) is 0 Å². The number of anilines is 1. The number of carboxylic acid groups (broad SMARTS) is 1. The molecule has 0 bridgehead atoms. The van der Waals surface area contributed by atoms with Crippen molar-refractivity contribution in [1.82, 2.24) is 5.32 Å². The summed E-state index contributed by atoms with van der Waals surface area (Å²) in [6, 6.07) is 19.7. The van der Waals surface area contributed by atoms with Crippen molar-refractivity contribution in [3.63, 3.8) is 0 Å². The molecule has 1 atom stereocenters. The molecule has 1 fully saturated rings. The summed E-state index contributed by atoms with van der Waals surface area (Å²) in [6.45, 7) is 2.29. The highest BCUT2D eigenvalue weighted by molar-refractivity contribution is 5.99. The Morgan fingerprint density at radius 3 is 2.56 bits per heavy atom. The second kappa shape index (κ2) is 10.5. The minimum absolute atomic E-state index is 0.0684. The predicted octanol–water partition coefficient (Wildman–Crippen LogP) is 5.02. The molecule has 6 heteroatoms. The summed E-state index contributed by atoms with van der Waals surface area (Å²) in [5.74, 6) is -1.14. The highest BCUT2D eigenvalue weighted by atomic mass is 16.4. The lowest BCUT2D eigenvalue weighted by Crippen LogP contribution is -2.24. The first-order valence-electron chi connectivity index (χ1n) is 11.8. The van der Waals surface area contributed by atoms with Crippen molar-refractivity contribution >= 4 is 34.2 Å². The van der Waals surface area contributed by atoms with Crippen LogP contribution in [0, 0.1) is 5.92 Å². The number of carbonyl (C=O) groups is 3. The lowest BCUT2D eigenvalue weighted by atomic mass is 9.94. The van der Waals surface area contributed by atoms with E-state index in [-0.39, 0.29) is 30.1 Å². The molecule has 0 aliphatic heterocycles. The third-order valence-corrected chi connectivity index (χ3v) is 6.37. The number of hydrogen-bond acceptors (Lipinski definition) is 3. The molecule has 2 amide bonds. The van der Waals surface area contributed by atoms with Gasteiger partial charge in [0.25, 0.3) is 0 Å². The molecule has 1 unspecified atom stereocenters. The van der Waals surface area contributed by atoms with Crippen LogP contribution in [0.5, 0.6) is 0 Å². The van der Waals surface area contributed by atoms with Crippen LogP contribution in [0.3, 0.4) is 0 Å². The van der Waals surface area contributed by atoms with Gasteiger partial charge in [-0.2, -0.15) is 0 Å². The smallest absolute Gasteiger partial charge is 0.303 e. The molecule has 6 nitrogen and oxygen atoms in total. The fourth-order valence-electron chi connectivity index (χ4n) is 4.19. The van der Waals surface area contributed by atoms with Crippen LogP contribution < -0.4 is 10.6 Å². The van der Waals surface area contributed by atoms with Crippen molar-refractivity contribution in [3.8, 4) is 0 Å². The number of fused-ring (bicyclic) bond motifs is 1. The molecule has 1 aliphatic carbocycles. The largest absolute Gasteiger partial charge is 0.481 e. The molecule has 4 rings (SSSR count). The molecule has 1 saturated carbocycles. The first-order valence-corrected chi connectivity index (χ1v) is 11.8. The fraction of sp³-hybridized carbons (Fsp3) is 0.321. The van der Waals surface area contributed by atoms with E-state index < -0.39 is 5.97 Å². The fourth-order valence-corrected chi connectivity index (χ4v) is 4.19. The zero-order chi connectivity index (χ0) is 24.1. The Kier molecular flexibility index (Phi) is 7.26. The summed E-state index contributed by atoms with van der Waals surface area (Å²) in [5.41, 5.74) is 3.40. The summed E-state index contributed by atoms with van der Waals surface area (Å²) < 4.78 is 0. The zero-order valence-electron chi connectivity index (χ0n) is 19.3. The monoisotopic (exact) mass is 458 g/mol. The van der Waals surface area contributed by atoms with Crippen LogP contribution in [-0.2, 0) is 27.3 Å². The minimum atomic E-state index is -0.838. The average molecular weight is 459 g/mol. The standard InChI is InChI=1S/C28H30N2O4/c1-18(23-10-4-7-20-6-2-3-9-24(20)23)27(33)30-25-16-19(17-29-28(34)22-14-15-22)12-13-21(25)8-5-11-26(31)32/h2-4,6-7,9-10,12-13,16,18,22H,5,8,11,14-15,17H2,1H3,(H,29,34)(H,30,33)(H,31,32). The maximum atomic E-state index is 13.3. The summed E-state index contributed by atoms with van der Waals surface area (Å²) in [6.07, 6.45) is 2.98. The van der Waals surface area contributed by atoms with Gasteiger partial charge in [0, 0.05) is 24.6 Å². The molecule has 1 aliphatic rings. The molecule has 0 spiro atoms. The van der Waals surface area contributed by atoms with Crippen LogP contribution in [0.4, 0.5) is 5.69 Å². The van der Waals surface area contributed by atoms with Crippen LogP contribution in [0.2, 0.25) is 0 Å². The highest BCUT2D eigenvalue weighted by Crippen LogP contribution is 2.30. The predicted molar refractivity (Wildman–Crippen MR) is 133 cm³/mol. The molecular formula is C28H30N2O4. The zero-order valence-corrected chi connectivity index (χ0v) is 19.3. The van der Waals surface area contributed by atoms with Crippen molar-refractivity contribution in [2.45, 2.75) is 51.5 Å². The van der Waals surface area contributed by atoms with Crippen molar-refractivity contribution in [3.05, 3.63) is 77.4 Å². The molecule has 3 N–H and O–H groups in total. The summed E-state index contributed by atoms with van der Waals surface area (Å²) in [7, 11) is 0. The van der Waals surface area contributed by atoms with Crippen molar-refractivity contribution in [2.75, 3.05) is 5.32 Å². The Balaban J connectivity index is 1.53. The second-order valence-electron chi connectivity index (χ2n) is 9.01. The number of hydrogen-bond donors (Lipinski definition) is 3. The number of benzene rings is 3. The quantitative estimate of drug-likeness (QED) is 0.398. The SMILES string of the molecule is CC(C(=O)Nc1cc(CNC(=O)C2CC2)ccc1CCCC(=O)O)c1cccc2ccccc12. The van der Waals surface area contributed by atoms with Crippen LogP contribution in [0.1, 0.15) is 55.2 Å². The maximum absolute atomic E-state index is 13.3. The number of rotatable bonds is 10. The topological polar surface area (TPSA) is 95.5 Å². The molecular weight excluding hydrogens is 428 g/mol. The van der Waals surface area contributed by atoms with Crippen LogP contribution in [0.25, 0.3) is 10.8 Å². The van der Waals surface area contributed by atoms with Gasteiger partial charge >= 0.3 is 5.97 Å². The summed E-state index contributed by atoms with van der Waals surface area (Å²) >= 11 is 0. The van der Waals surface area contributed by atoms with Gasteiger partial charge in [-0.05, 0) is 66.1 Å². The van der Waals surface area contributed by atoms with Gasteiger partial charge in [-0.25, -0.2) is 0 Å². The summed E-state index contributed by atoms with van der Waals surface area (Å²) in [5, 5.41) is 17.2. The Bertz CT molecular complexity index is 1210. The lowest BCUT2D eigenvalue weighted by molar-refractivity contribution is -0.137.